The number of ether oxygens (including phenoxy) is 1. The van der Waals surface area contributed by atoms with Crippen molar-refractivity contribution in [2.24, 2.45) is 0 Å². The van der Waals surface area contributed by atoms with Gasteiger partial charge in [0.15, 0.2) is 0 Å². The van der Waals surface area contributed by atoms with Crippen molar-refractivity contribution in [1.29, 1.82) is 0 Å². The minimum absolute atomic E-state index is 0.233. The molecule has 4 rings (SSSR count). The highest BCUT2D eigenvalue weighted by molar-refractivity contribution is 5.96. The highest BCUT2D eigenvalue weighted by Crippen LogP contribution is 2.24. The van der Waals surface area contributed by atoms with Crippen LogP contribution in [0, 0.1) is 27.7 Å². The zero-order valence-electron chi connectivity index (χ0n) is 22.5. The molecule has 0 bridgehead atoms. The number of hydrogen-bond donors (Lipinski definition) is 4. The van der Waals surface area contributed by atoms with Crippen molar-refractivity contribution in [3.63, 3.8) is 0 Å². The Kier molecular flexibility index (Phi) is 8.06. The fraction of sp³-hybridized carbons (Fsp3) is 0.241. The third-order valence-corrected chi connectivity index (χ3v) is 5.99. The first-order valence-corrected chi connectivity index (χ1v) is 12.4. The number of hydrogen-bond acceptors (Lipinski definition) is 8. The van der Waals surface area contributed by atoms with Crippen LogP contribution in [0.4, 0.5) is 34.9 Å². The predicted molar refractivity (Wildman–Crippen MR) is 153 cm³/mol. The number of methoxy groups -OCH3 is 1. The van der Waals surface area contributed by atoms with E-state index in [9.17, 15) is 4.79 Å². The van der Waals surface area contributed by atoms with Crippen molar-refractivity contribution in [2.75, 3.05) is 28.4 Å². The van der Waals surface area contributed by atoms with Crippen LogP contribution in [0.5, 0.6) is 5.75 Å². The van der Waals surface area contributed by atoms with Gasteiger partial charge in [0.2, 0.25) is 23.8 Å². The van der Waals surface area contributed by atoms with E-state index in [0.717, 1.165) is 22.5 Å². The first kappa shape index (κ1) is 26.4. The minimum Gasteiger partial charge on any atom is -0.497 e. The summed E-state index contributed by atoms with van der Waals surface area (Å²) in [7, 11) is 1.60. The average Bonchev–Trinajstić information content (AvgIpc) is 2.88. The molecule has 4 aromatic rings. The third kappa shape index (κ3) is 6.76. The Bertz CT molecular complexity index is 1370. The molecule has 38 heavy (non-hydrogen) atoms. The van der Waals surface area contributed by atoms with Crippen LogP contribution < -0.4 is 26.0 Å². The van der Waals surface area contributed by atoms with Crippen LogP contribution in [0.15, 0.2) is 60.7 Å². The second-order valence-electron chi connectivity index (χ2n) is 9.28. The van der Waals surface area contributed by atoms with Gasteiger partial charge in [-0.1, -0.05) is 35.4 Å². The van der Waals surface area contributed by atoms with Crippen LogP contribution in [0.1, 0.15) is 29.2 Å². The van der Waals surface area contributed by atoms with Gasteiger partial charge in [-0.2, -0.15) is 15.0 Å². The van der Waals surface area contributed by atoms with E-state index in [1.54, 1.807) is 38.3 Å². The lowest BCUT2D eigenvalue weighted by Gasteiger charge is -2.17. The first-order chi connectivity index (χ1) is 18.2. The SMILES string of the molecule is COc1ccc(NC(=O)[C@@H](C)Nc2nc(Nc3ccc(C)cc3C)nc(Nc3ccc(C)cc3C)n2)cc1. The number of aromatic nitrogens is 3. The van der Waals surface area contributed by atoms with Crippen molar-refractivity contribution >= 4 is 40.8 Å². The van der Waals surface area contributed by atoms with Gasteiger partial charge in [0.25, 0.3) is 0 Å². The number of anilines is 6. The maximum atomic E-state index is 12.9. The van der Waals surface area contributed by atoms with Crippen molar-refractivity contribution in [2.45, 2.75) is 40.7 Å². The molecule has 0 aliphatic heterocycles. The first-order valence-electron chi connectivity index (χ1n) is 12.4. The normalized spacial score (nSPS) is 11.4. The van der Waals surface area contributed by atoms with Gasteiger partial charge < -0.3 is 26.0 Å². The fourth-order valence-electron chi connectivity index (χ4n) is 3.88. The molecule has 0 fully saturated rings. The third-order valence-electron chi connectivity index (χ3n) is 5.99. The van der Waals surface area contributed by atoms with Gasteiger partial charge in [-0.25, -0.2) is 0 Å². The van der Waals surface area contributed by atoms with Gasteiger partial charge in [0.05, 0.1) is 7.11 Å². The topological polar surface area (TPSA) is 113 Å². The van der Waals surface area contributed by atoms with Gasteiger partial charge in [-0.3, -0.25) is 4.79 Å². The molecule has 0 aliphatic carbocycles. The van der Waals surface area contributed by atoms with Gasteiger partial charge in [0, 0.05) is 17.1 Å². The van der Waals surface area contributed by atoms with E-state index in [1.165, 1.54) is 11.1 Å². The van der Waals surface area contributed by atoms with Crippen molar-refractivity contribution in [3.05, 3.63) is 82.9 Å². The van der Waals surface area contributed by atoms with Crippen LogP contribution >= 0.6 is 0 Å². The largest absolute Gasteiger partial charge is 0.497 e. The van der Waals surface area contributed by atoms with Crippen molar-refractivity contribution in [1.82, 2.24) is 15.0 Å². The maximum Gasteiger partial charge on any atom is 0.246 e. The molecule has 0 radical (unpaired) electrons. The molecule has 196 valence electrons. The number of nitrogens with one attached hydrogen (secondary N) is 4. The second kappa shape index (κ2) is 11.6. The summed E-state index contributed by atoms with van der Waals surface area (Å²) in [4.78, 5) is 26.5. The Hall–Kier alpha value is -4.66. The van der Waals surface area contributed by atoms with Crippen LogP contribution in [-0.2, 0) is 4.79 Å². The highest BCUT2D eigenvalue weighted by atomic mass is 16.5. The van der Waals surface area contributed by atoms with Crippen LogP contribution in [0.3, 0.4) is 0 Å². The van der Waals surface area contributed by atoms with E-state index in [1.807, 2.05) is 52.0 Å². The van der Waals surface area contributed by atoms with E-state index in [2.05, 4.69) is 48.4 Å². The van der Waals surface area contributed by atoms with Crippen LogP contribution in [0.2, 0.25) is 0 Å². The van der Waals surface area contributed by atoms with E-state index < -0.39 is 6.04 Å². The summed E-state index contributed by atoms with van der Waals surface area (Å²) in [5, 5.41) is 12.6. The average molecular weight is 512 g/mol. The Morgan fingerprint density at radius 1 is 0.737 bits per heavy atom. The molecule has 1 aromatic heterocycles. The molecule has 9 heteroatoms. The monoisotopic (exact) mass is 511 g/mol. The van der Waals surface area contributed by atoms with Crippen LogP contribution in [-0.4, -0.2) is 34.0 Å². The minimum atomic E-state index is -0.623. The Morgan fingerprint density at radius 3 is 1.71 bits per heavy atom. The van der Waals surface area contributed by atoms with E-state index in [-0.39, 0.29) is 11.9 Å². The summed E-state index contributed by atoms with van der Waals surface area (Å²) < 4.78 is 5.18. The number of nitrogens with zero attached hydrogens (tertiary/aromatic N) is 3. The predicted octanol–water partition coefficient (Wildman–Crippen LogP) is 6.04. The summed E-state index contributed by atoms with van der Waals surface area (Å²) in [6, 6.07) is 18.7. The molecular weight excluding hydrogens is 478 g/mol. The molecule has 0 aliphatic rings. The lowest BCUT2D eigenvalue weighted by Crippen LogP contribution is -2.32. The molecule has 4 N–H and O–H groups in total. The summed E-state index contributed by atoms with van der Waals surface area (Å²) >= 11 is 0. The lowest BCUT2D eigenvalue weighted by atomic mass is 10.1. The van der Waals surface area contributed by atoms with Gasteiger partial charge in [0.1, 0.15) is 11.8 Å². The zero-order valence-corrected chi connectivity index (χ0v) is 22.5. The molecule has 0 spiro atoms. The number of carbonyl (C=O) groups is 1. The standard InChI is InChI=1S/C29H33N7O2/c1-17-7-13-24(19(3)15-17)32-28-34-27(35-29(36-28)33-25-14-8-18(2)16-20(25)4)30-21(5)26(37)31-22-9-11-23(38-6)12-10-22/h7-16,21H,1-6H3,(H,31,37)(H3,30,32,33,34,35,36)/t21-/m1/s1. The Morgan fingerprint density at radius 2 is 1.24 bits per heavy atom. The Balaban J connectivity index is 1.58. The molecule has 0 saturated heterocycles. The fourth-order valence-corrected chi connectivity index (χ4v) is 3.88. The number of carbonyl (C=O) groups excluding carboxylic acids is 1. The summed E-state index contributed by atoms with van der Waals surface area (Å²) in [6.45, 7) is 9.89. The van der Waals surface area contributed by atoms with Crippen molar-refractivity contribution in [3.8, 4) is 5.75 Å². The lowest BCUT2D eigenvalue weighted by molar-refractivity contribution is -0.116. The van der Waals surface area contributed by atoms with Gasteiger partial charge in [-0.15, -0.1) is 0 Å². The maximum absolute atomic E-state index is 12.9. The number of rotatable bonds is 9. The quantitative estimate of drug-likeness (QED) is 0.215. The van der Waals surface area contributed by atoms with E-state index in [0.29, 0.717) is 23.3 Å². The molecule has 3 aromatic carbocycles. The van der Waals surface area contributed by atoms with Gasteiger partial charge >= 0.3 is 0 Å². The van der Waals surface area contributed by atoms with Crippen molar-refractivity contribution < 1.29 is 9.53 Å². The number of amides is 1. The highest BCUT2D eigenvalue weighted by Gasteiger charge is 2.17. The summed E-state index contributed by atoms with van der Waals surface area (Å²) in [6.07, 6.45) is 0. The van der Waals surface area contributed by atoms with E-state index >= 15 is 0 Å². The Labute approximate surface area is 223 Å². The van der Waals surface area contributed by atoms with E-state index in [4.69, 9.17) is 4.74 Å². The molecule has 9 nitrogen and oxygen atoms in total. The van der Waals surface area contributed by atoms with Gasteiger partial charge in [-0.05, 0) is 82.1 Å². The molecule has 1 atom stereocenters. The zero-order chi connectivity index (χ0) is 27.2. The number of aryl methyl sites for hydroxylation is 4. The van der Waals surface area contributed by atoms with Crippen LogP contribution in [0.25, 0.3) is 0 Å². The summed E-state index contributed by atoms with van der Waals surface area (Å²) in [5.74, 6) is 1.45. The number of benzene rings is 3. The second-order valence-corrected chi connectivity index (χ2v) is 9.28. The molecular formula is C29H33N7O2. The molecule has 1 heterocycles. The molecule has 1 amide bonds. The summed E-state index contributed by atoms with van der Waals surface area (Å²) in [5.41, 5.74) is 6.90. The molecule has 0 saturated carbocycles. The smallest absolute Gasteiger partial charge is 0.246 e. The molecule has 0 unspecified atom stereocenters.